The highest BCUT2D eigenvalue weighted by molar-refractivity contribution is 5.78. The lowest BCUT2D eigenvalue weighted by Gasteiger charge is -2.36. The zero-order valence-corrected chi connectivity index (χ0v) is 13.7. The second-order valence-corrected chi connectivity index (χ2v) is 6.55. The fourth-order valence-electron chi connectivity index (χ4n) is 3.23. The van der Waals surface area contributed by atoms with Crippen LogP contribution in [0.25, 0.3) is 0 Å². The molecule has 5 heteroatoms. The van der Waals surface area contributed by atoms with E-state index in [4.69, 9.17) is 0 Å². The molecule has 0 spiro atoms. The Balaban J connectivity index is 1.69. The third-order valence-electron chi connectivity index (χ3n) is 5.02. The molecule has 1 aromatic carbocycles. The van der Waals surface area contributed by atoms with Crippen molar-refractivity contribution in [3.05, 3.63) is 35.9 Å². The third-order valence-corrected chi connectivity index (χ3v) is 5.02. The van der Waals surface area contributed by atoms with E-state index in [0.29, 0.717) is 19.0 Å². The lowest BCUT2D eigenvalue weighted by Crippen LogP contribution is -2.49. The number of rotatable bonds is 5. The highest BCUT2D eigenvalue weighted by Gasteiger charge is 2.29. The molecule has 2 aliphatic rings. The molecular weight excluding hydrogens is 290 g/mol. The molecule has 124 valence electrons. The molecule has 1 unspecified atom stereocenters. The van der Waals surface area contributed by atoms with E-state index in [9.17, 15) is 9.59 Å². The van der Waals surface area contributed by atoms with Gasteiger partial charge in [-0.2, -0.15) is 0 Å². The normalized spacial score (nSPS) is 19.3. The van der Waals surface area contributed by atoms with Crippen molar-refractivity contribution >= 4 is 11.9 Å². The van der Waals surface area contributed by atoms with E-state index in [2.05, 4.69) is 5.32 Å². The van der Waals surface area contributed by atoms with E-state index in [0.717, 1.165) is 31.4 Å². The van der Waals surface area contributed by atoms with Crippen LogP contribution in [-0.2, 0) is 4.79 Å². The van der Waals surface area contributed by atoms with Crippen molar-refractivity contribution in [1.82, 2.24) is 15.1 Å². The quantitative estimate of drug-likeness (QED) is 0.908. The maximum atomic E-state index is 12.5. The van der Waals surface area contributed by atoms with Gasteiger partial charge in [0.1, 0.15) is 0 Å². The summed E-state index contributed by atoms with van der Waals surface area (Å²) in [5.41, 5.74) is 1.04. The van der Waals surface area contributed by atoms with Gasteiger partial charge in [0.2, 0.25) is 5.91 Å². The minimum atomic E-state index is -0.159. The van der Waals surface area contributed by atoms with Gasteiger partial charge >= 0.3 is 6.03 Å². The number of benzene rings is 1. The van der Waals surface area contributed by atoms with Crippen molar-refractivity contribution < 1.29 is 9.59 Å². The van der Waals surface area contributed by atoms with Gasteiger partial charge in [-0.15, -0.1) is 0 Å². The van der Waals surface area contributed by atoms with Crippen molar-refractivity contribution in [3.63, 3.8) is 0 Å². The van der Waals surface area contributed by atoms with Crippen molar-refractivity contribution in [3.8, 4) is 0 Å². The lowest BCUT2D eigenvalue weighted by molar-refractivity contribution is -0.128. The summed E-state index contributed by atoms with van der Waals surface area (Å²) in [6, 6.07) is 10.1. The average Bonchev–Trinajstić information content (AvgIpc) is 2.91. The Labute approximate surface area is 137 Å². The number of nitrogens with zero attached hydrogens (tertiary/aromatic N) is 2. The summed E-state index contributed by atoms with van der Waals surface area (Å²) in [4.78, 5) is 28.1. The van der Waals surface area contributed by atoms with Crippen LogP contribution in [0.1, 0.15) is 43.7 Å². The molecule has 1 saturated heterocycles. The van der Waals surface area contributed by atoms with Crippen LogP contribution < -0.4 is 5.32 Å². The van der Waals surface area contributed by atoms with Gasteiger partial charge in [0, 0.05) is 32.6 Å². The van der Waals surface area contributed by atoms with Crippen molar-refractivity contribution in [2.45, 2.75) is 44.2 Å². The summed E-state index contributed by atoms with van der Waals surface area (Å²) in [7, 11) is 1.86. The maximum Gasteiger partial charge on any atom is 0.317 e. The summed E-state index contributed by atoms with van der Waals surface area (Å²) < 4.78 is 0. The molecular formula is C18H25N3O2. The van der Waals surface area contributed by atoms with Crippen LogP contribution in [0.2, 0.25) is 0 Å². The number of hydrogen-bond donors (Lipinski definition) is 1. The predicted molar refractivity (Wildman–Crippen MR) is 88.9 cm³/mol. The SMILES string of the molecule is CN(C(=O)NC(CN1CCCC1=O)c1ccccc1)C1CCC1. The second kappa shape index (κ2) is 7.02. The van der Waals surface area contributed by atoms with Gasteiger partial charge in [0.25, 0.3) is 0 Å². The summed E-state index contributed by atoms with van der Waals surface area (Å²) in [5, 5.41) is 3.12. The molecule has 1 aliphatic heterocycles. The largest absolute Gasteiger partial charge is 0.340 e. The Morgan fingerprint density at radius 1 is 1.30 bits per heavy atom. The van der Waals surface area contributed by atoms with Crippen LogP contribution in [0.4, 0.5) is 4.79 Å². The highest BCUT2D eigenvalue weighted by atomic mass is 16.2. The van der Waals surface area contributed by atoms with Gasteiger partial charge in [0.15, 0.2) is 0 Å². The first kappa shape index (κ1) is 15.8. The fourth-order valence-corrected chi connectivity index (χ4v) is 3.23. The molecule has 1 heterocycles. The highest BCUT2D eigenvalue weighted by Crippen LogP contribution is 2.24. The lowest BCUT2D eigenvalue weighted by atomic mass is 9.92. The van der Waals surface area contributed by atoms with Crippen molar-refractivity contribution in [1.29, 1.82) is 0 Å². The number of nitrogens with one attached hydrogen (secondary N) is 1. The molecule has 2 fully saturated rings. The molecule has 5 nitrogen and oxygen atoms in total. The molecule has 1 aliphatic carbocycles. The van der Waals surface area contributed by atoms with Gasteiger partial charge < -0.3 is 15.1 Å². The number of amides is 3. The van der Waals surface area contributed by atoms with Crippen LogP contribution in [0.15, 0.2) is 30.3 Å². The van der Waals surface area contributed by atoms with E-state index in [1.54, 1.807) is 0 Å². The van der Waals surface area contributed by atoms with Crippen LogP contribution in [0.5, 0.6) is 0 Å². The number of hydrogen-bond acceptors (Lipinski definition) is 2. The zero-order chi connectivity index (χ0) is 16.2. The van der Waals surface area contributed by atoms with Gasteiger partial charge in [-0.1, -0.05) is 30.3 Å². The van der Waals surface area contributed by atoms with E-state index in [-0.39, 0.29) is 18.0 Å². The first-order valence-corrected chi connectivity index (χ1v) is 8.51. The standard InChI is InChI=1S/C18H25N3O2/c1-20(15-9-5-10-15)18(23)19-16(14-7-3-2-4-8-14)13-21-12-6-11-17(21)22/h2-4,7-8,15-16H,5-6,9-13H2,1H3,(H,19,23). The van der Waals surface area contributed by atoms with E-state index >= 15 is 0 Å². The predicted octanol–water partition coefficient (Wildman–Crippen LogP) is 2.54. The van der Waals surface area contributed by atoms with Crippen LogP contribution in [-0.4, -0.2) is 47.9 Å². The topological polar surface area (TPSA) is 52.7 Å². The minimum absolute atomic E-state index is 0.0461. The first-order valence-electron chi connectivity index (χ1n) is 8.51. The molecule has 1 saturated carbocycles. The van der Waals surface area contributed by atoms with Gasteiger partial charge in [-0.05, 0) is 31.2 Å². The Bertz CT molecular complexity index is 557. The molecule has 0 aromatic heterocycles. The summed E-state index contributed by atoms with van der Waals surface area (Å²) in [5.74, 6) is 0.188. The Morgan fingerprint density at radius 2 is 2.04 bits per heavy atom. The number of carbonyl (C=O) groups excluding carboxylic acids is 2. The van der Waals surface area contributed by atoms with E-state index in [1.165, 1.54) is 6.42 Å². The van der Waals surface area contributed by atoms with Crippen LogP contribution in [0, 0.1) is 0 Å². The number of likely N-dealkylation sites (tertiary alicyclic amines) is 1. The number of carbonyl (C=O) groups is 2. The molecule has 1 N–H and O–H groups in total. The van der Waals surface area contributed by atoms with Crippen LogP contribution in [0.3, 0.4) is 0 Å². The Hall–Kier alpha value is -2.04. The van der Waals surface area contributed by atoms with E-state index < -0.39 is 0 Å². The number of urea groups is 1. The van der Waals surface area contributed by atoms with Crippen molar-refractivity contribution in [2.75, 3.05) is 20.1 Å². The average molecular weight is 315 g/mol. The molecule has 1 atom stereocenters. The minimum Gasteiger partial charge on any atom is -0.340 e. The second-order valence-electron chi connectivity index (χ2n) is 6.55. The first-order chi connectivity index (χ1) is 11.1. The third kappa shape index (κ3) is 3.66. The molecule has 3 amide bonds. The Kier molecular flexibility index (Phi) is 4.84. The smallest absolute Gasteiger partial charge is 0.317 e. The zero-order valence-electron chi connectivity index (χ0n) is 13.7. The maximum absolute atomic E-state index is 12.5. The molecule has 0 radical (unpaired) electrons. The van der Waals surface area contributed by atoms with E-state index in [1.807, 2.05) is 47.2 Å². The fraction of sp³-hybridized carbons (Fsp3) is 0.556. The molecule has 0 bridgehead atoms. The summed E-state index contributed by atoms with van der Waals surface area (Å²) >= 11 is 0. The van der Waals surface area contributed by atoms with Crippen molar-refractivity contribution in [2.24, 2.45) is 0 Å². The summed E-state index contributed by atoms with van der Waals surface area (Å²) in [6.45, 7) is 1.34. The van der Waals surface area contributed by atoms with Gasteiger partial charge in [-0.25, -0.2) is 4.79 Å². The summed E-state index contributed by atoms with van der Waals surface area (Å²) in [6.07, 6.45) is 4.91. The molecule has 3 rings (SSSR count). The Morgan fingerprint density at radius 3 is 2.61 bits per heavy atom. The van der Waals surface area contributed by atoms with Gasteiger partial charge in [0.05, 0.1) is 6.04 Å². The molecule has 1 aromatic rings. The van der Waals surface area contributed by atoms with Crippen LogP contribution >= 0.6 is 0 Å². The van der Waals surface area contributed by atoms with Gasteiger partial charge in [-0.3, -0.25) is 4.79 Å². The molecule has 23 heavy (non-hydrogen) atoms. The monoisotopic (exact) mass is 315 g/mol.